The number of nitrogens with two attached hydrogens (primary N) is 1. The molecule has 0 aliphatic carbocycles. The zero-order chi connectivity index (χ0) is 13.5. The van der Waals surface area contributed by atoms with Gasteiger partial charge in [0.05, 0.1) is 0 Å². The molecule has 19 heavy (non-hydrogen) atoms. The zero-order valence-electron chi connectivity index (χ0n) is 11.5. The van der Waals surface area contributed by atoms with Gasteiger partial charge in [-0.15, -0.1) is 0 Å². The fourth-order valence-electron chi connectivity index (χ4n) is 2.29. The lowest BCUT2D eigenvalue weighted by atomic mass is 9.98. The van der Waals surface area contributed by atoms with Gasteiger partial charge in [-0.1, -0.05) is 61.5 Å². The van der Waals surface area contributed by atoms with Gasteiger partial charge in [-0.2, -0.15) is 0 Å². The molecular weight excluding hydrogens is 232 g/mol. The summed E-state index contributed by atoms with van der Waals surface area (Å²) in [5, 5.41) is 0. The summed E-state index contributed by atoms with van der Waals surface area (Å²) in [6.45, 7) is 2.17. The van der Waals surface area contributed by atoms with Crippen LogP contribution in [0.25, 0.3) is 0 Å². The lowest BCUT2D eigenvalue weighted by Gasteiger charge is -2.16. The second kappa shape index (κ2) is 7.07. The fraction of sp³-hybridized carbons (Fsp3) is 0.294. The van der Waals surface area contributed by atoms with Crippen molar-refractivity contribution >= 4 is 0 Å². The summed E-state index contributed by atoms with van der Waals surface area (Å²) < 4.78 is 0. The zero-order valence-corrected chi connectivity index (χ0v) is 11.5. The Hall–Kier alpha value is -1.64. The number of hydrogen-bond donors (Lipinski definition) is 2. The van der Waals surface area contributed by atoms with Crippen LogP contribution < -0.4 is 11.3 Å². The predicted molar refractivity (Wildman–Crippen MR) is 80.6 cm³/mol. The van der Waals surface area contributed by atoms with Crippen molar-refractivity contribution < 1.29 is 0 Å². The van der Waals surface area contributed by atoms with Gasteiger partial charge in [-0.25, -0.2) is 0 Å². The first kappa shape index (κ1) is 13.8. The van der Waals surface area contributed by atoms with Crippen molar-refractivity contribution in [1.29, 1.82) is 0 Å². The van der Waals surface area contributed by atoms with Crippen molar-refractivity contribution in [2.45, 2.75) is 32.2 Å². The van der Waals surface area contributed by atoms with E-state index in [-0.39, 0.29) is 6.04 Å². The van der Waals surface area contributed by atoms with Gasteiger partial charge in [-0.3, -0.25) is 11.3 Å². The topological polar surface area (TPSA) is 38.0 Å². The second-order valence-electron chi connectivity index (χ2n) is 4.84. The molecule has 2 nitrogen and oxygen atoms in total. The highest BCUT2D eigenvalue weighted by atomic mass is 15.2. The van der Waals surface area contributed by atoms with Crippen LogP contribution in [-0.4, -0.2) is 0 Å². The highest BCUT2D eigenvalue weighted by molar-refractivity contribution is 5.25. The van der Waals surface area contributed by atoms with Crippen LogP contribution in [-0.2, 0) is 12.8 Å². The lowest BCUT2D eigenvalue weighted by molar-refractivity contribution is 0.516. The predicted octanol–water partition coefficient (Wildman–Crippen LogP) is 3.39. The van der Waals surface area contributed by atoms with Crippen molar-refractivity contribution in [2.24, 2.45) is 5.84 Å². The third-order valence-corrected chi connectivity index (χ3v) is 3.56. The van der Waals surface area contributed by atoms with E-state index in [0.29, 0.717) is 0 Å². The smallest absolute Gasteiger partial charge is 0.0463 e. The first-order valence-electron chi connectivity index (χ1n) is 6.92. The summed E-state index contributed by atoms with van der Waals surface area (Å²) in [5.74, 6) is 5.69. The van der Waals surface area contributed by atoms with Gasteiger partial charge in [0.2, 0.25) is 0 Å². The molecule has 0 aliphatic rings. The molecule has 1 atom stereocenters. The molecule has 100 valence electrons. The fourth-order valence-corrected chi connectivity index (χ4v) is 2.29. The van der Waals surface area contributed by atoms with Crippen LogP contribution in [0.4, 0.5) is 0 Å². The first-order chi connectivity index (χ1) is 9.33. The van der Waals surface area contributed by atoms with Crippen LogP contribution in [0.15, 0.2) is 54.6 Å². The molecule has 0 fully saturated rings. The van der Waals surface area contributed by atoms with Crippen molar-refractivity contribution in [3.05, 3.63) is 71.3 Å². The molecule has 0 saturated heterocycles. The molecule has 3 N–H and O–H groups in total. The van der Waals surface area contributed by atoms with E-state index in [2.05, 4.69) is 60.9 Å². The van der Waals surface area contributed by atoms with E-state index in [1.165, 1.54) is 16.7 Å². The monoisotopic (exact) mass is 254 g/mol. The molecule has 2 aromatic rings. The highest BCUT2D eigenvalue weighted by Crippen LogP contribution is 2.19. The first-order valence-corrected chi connectivity index (χ1v) is 6.92. The molecule has 1 unspecified atom stereocenters. The van der Waals surface area contributed by atoms with Gasteiger partial charge >= 0.3 is 0 Å². The average molecular weight is 254 g/mol. The third kappa shape index (κ3) is 3.91. The molecule has 0 saturated carbocycles. The molecule has 0 bridgehead atoms. The minimum atomic E-state index is 0.214. The van der Waals surface area contributed by atoms with E-state index in [4.69, 9.17) is 5.84 Å². The summed E-state index contributed by atoms with van der Waals surface area (Å²) in [7, 11) is 0. The van der Waals surface area contributed by atoms with Gasteiger partial charge in [0, 0.05) is 6.04 Å². The number of aryl methyl sites for hydroxylation is 2. The van der Waals surface area contributed by atoms with Gasteiger partial charge in [-0.05, 0) is 36.0 Å². The molecule has 2 rings (SSSR count). The molecule has 0 aliphatic heterocycles. The maximum atomic E-state index is 5.69. The lowest BCUT2D eigenvalue weighted by Crippen LogP contribution is -2.28. The minimum absolute atomic E-state index is 0.214. The molecule has 2 aromatic carbocycles. The number of hydrogen-bond acceptors (Lipinski definition) is 2. The Balaban J connectivity index is 1.99. The Bertz CT molecular complexity index is 476. The molecule has 0 radical (unpaired) electrons. The summed E-state index contributed by atoms with van der Waals surface area (Å²) in [6, 6.07) is 19.5. The Morgan fingerprint density at radius 2 is 1.63 bits per heavy atom. The number of rotatable bonds is 6. The van der Waals surface area contributed by atoms with Gasteiger partial charge in [0.15, 0.2) is 0 Å². The summed E-state index contributed by atoms with van der Waals surface area (Å²) in [6.07, 6.45) is 3.11. The summed E-state index contributed by atoms with van der Waals surface area (Å²) in [5.41, 5.74) is 6.90. The molecule has 0 spiro atoms. The maximum absolute atomic E-state index is 5.69. The Morgan fingerprint density at radius 1 is 0.947 bits per heavy atom. The third-order valence-electron chi connectivity index (χ3n) is 3.56. The number of nitrogens with one attached hydrogen (secondary N) is 1. The Morgan fingerprint density at radius 3 is 2.21 bits per heavy atom. The van der Waals surface area contributed by atoms with E-state index in [1.807, 2.05) is 6.07 Å². The van der Waals surface area contributed by atoms with Crippen molar-refractivity contribution in [2.75, 3.05) is 0 Å². The van der Waals surface area contributed by atoms with Crippen LogP contribution in [0.2, 0.25) is 0 Å². The van der Waals surface area contributed by atoms with E-state index < -0.39 is 0 Å². The summed E-state index contributed by atoms with van der Waals surface area (Å²) in [4.78, 5) is 0. The average Bonchev–Trinajstić information content (AvgIpc) is 2.49. The standard InChI is InChI=1S/C17H22N2/c1-2-14-8-11-16(12-9-14)17(19-18)13-10-15-6-4-3-5-7-15/h3-9,11-12,17,19H,2,10,13,18H2,1H3. The van der Waals surface area contributed by atoms with Crippen molar-refractivity contribution in [3.8, 4) is 0 Å². The van der Waals surface area contributed by atoms with Gasteiger partial charge < -0.3 is 0 Å². The van der Waals surface area contributed by atoms with Gasteiger partial charge in [0.25, 0.3) is 0 Å². The van der Waals surface area contributed by atoms with Crippen LogP contribution in [0.5, 0.6) is 0 Å². The van der Waals surface area contributed by atoms with Crippen LogP contribution in [0, 0.1) is 0 Å². The van der Waals surface area contributed by atoms with E-state index >= 15 is 0 Å². The SMILES string of the molecule is CCc1ccc(C(CCc2ccccc2)NN)cc1. The van der Waals surface area contributed by atoms with Gasteiger partial charge in [0.1, 0.15) is 0 Å². The van der Waals surface area contributed by atoms with Crippen molar-refractivity contribution in [3.63, 3.8) is 0 Å². The molecule has 0 heterocycles. The summed E-state index contributed by atoms with van der Waals surface area (Å²) >= 11 is 0. The second-order valence-corrected chi connectivity index (χ2v) is 4.84. The maximum Gasteiger partial charge on any atom is 0.0463 e. The molecular formula is C17H22N2. The van der Waals surface area contributed by atoms with E-state index in [9.17, 15) is 0 Å². The Kier molecular flexibility index (Phi) is 5.13. The van der Waals surface area contributed by atoms with Crippen molar-refractivity contribution in [1.82, 2.24) is 5.43 Å². The molecule has 0 aromatic heterocycles. The number of benzene rings is 2. The number of hydrazine groups is 1. The molecule has 2 heteroatoms. The van der Waals surface area contributed by atoms with E-state index in [0.717, 1.165) is 19.3 Å². The highest BCUT2D eigenvalue weighted by Gasteiger charge is 2.09. The van der Waals surface area contributed by atoms with Crippen LogP contribution in [0.3, 0.4) is 0 Å². The largest absolute Gasteiger partial charge is 0.271 e. The Labute approximate surface area is 115 Å². The van der Waals surface area contributed by atoms with Crippen LogP contribution in [0.1, 0.15) is 36.1 Å². The van der Waals surface area contributed by atoms with E-state index in [1.54, 1.807) is 0 Å². The quantitative estimate of drug-likeness (QED) is 0.612. The normalized spacial score (nSPS) is 12.3. The molecule has 0 amide bonds. The minimum Gasteiger partial charge on any atom is -0.271 e. The van der Waals surface area contributed by atoms with Crippen LogP contribution >= 0.6 is 0 Å².